The summed E-state index contributed by atoms with van der Waals surface area (Å²) < 4.78 is 72.5. The quantitative estimate of drug-likeness (QED) is 0.0821. The number of halogens is 3. The van der Waals surface area contributed by atoms with Gasteiger partial charge < -0.3 is 28.7 Å². The van der Waals surface area contributed by atoms with Crippen LogP contribution in [0, 0.1) is 23.1 Å². The Kier molecular flexibility index (Phi) is 12.6. The first-order valence-electron chi connectivity index (χ1n) is 22.9. The van der Waals surface area contributed by atoms with Crippen LogP contribution in [-0.2, 0) is 9.47 Å². The number of pyridine rings is 1. The molecule has 2 aromatic heterocycles. The van der Waals surface area contributed by atoms with Gasteiger partial charge in [-0.05, 0) is 93.2 Å². The SMILES string of the molecule is COCOc1cc(-c2ncc3c(N4C5CCC4CN(C(=O)OC(C)(C)C)C5)nc(OC[C@@]45CCCN4C[C@H](F)C5)nc3c2F)c2c(C#C[Si](C(C)C)(C(C)C)C(C)C)c(F)ccc2c1. The van der Waals surface area contributed by atoms with Gasteiger partial charge in [0.15, 0.2) is 12.6 Å². The van der Waals surface area contributed by atoms with Crippen molar-refractivity contribution < 1.29 is 36.9 Å². The molecule has 2 aromatic carbocycles. The molecule has 0 N–H and O–H groups in total. The normalized spacial score (nSPS) is 22.5. The molecule has 15 heteroatoms. The van der Waals surface area contributed by atoms with Crippen molar-refractivity contribution in [2.24, 2.45) is 0 Å². The first-order valence-corrected chi connectivity index (χ1v) is 25.1. The van der Waals surface area contributed by atoms with Crippen LogP contribution in [0.2, 0.25) is 16.6 Å². The molecule has 0 aliphatic carbocycles. The summed E-state index contributed by atoms with van der Waals surface area (Å²) in [6, 6.07) is 6.13. The van der Waals surface area contributed by atoms with Crippen LogP contribution in [0.25, 0.3) is 32.9 Å². The molecule has 2 unspecified atom stereocenters. The van der Waals surface area contributed by atoms with E-state index in [2.05, 4.69) is 62.8 Å². The Hall–Kier alpha value is -4.65. The zero-order chi connectivity index (χ0) is 45.9. The number of fused-ring (bicyclic) bond motifs is 5. The van der Waals surface area contributed by atoms with E-state index in [1.165, 1.54) is 13.2 Å². The number of rotatable bonds is 11. The molecular weight excluding hydrogens is 838 g/mol. The molecule has 0 radical (unpaired) electrons. The molecule has 1 amide bonds. The van der Waals surface area contributed by atoms with Crippen molar-refractivity contribution in [2.45, 2.75) is 140 Å². The van der Waals surface area contributed by atoms with Crippen molar-refractivity contribution in [3.8, 4) is 34.5 Å². The minimum Gasteiger partial charge on any atom is -0.468 e. The van der Waals surface area contributed by atoms with Crippen LogP contribution in [0.1, 0.15) is 100.0 Å². The standard InChI is InChI=1S/C49H63F3N6O5Si/c1-29(2)64(30(3)4,31(5)6)19-16-37-40(51)15-12-32-20-36(62-28-60-10)21-38(41(32)37)43-42(52)44-39(23-53-43)45(55-46(54-44)61-27-49-17-11-18-57(49)24-33(50)22-49)58-34-13-14-35(58)26-56(25-34)47(59)63-48(7,8)9/h12,15,20-21,23,29-31,33-35H,11,13-14,17-18,22,24-28H2,1-10H3/t33-,34?,35?,49+/m1/s1. The van der Waals surface area contributed by atoms with Crippen LogP contribution >= 0.6 is 0 Å². The summed E-state index contributed by atoms with van der Waals surface area (Å²) in [5.41, 5.74) is 3.78. The molecule has 4 aliphatic heterocycles. The third-order valence-corrected chi connectivity index (χ3v) is 20.5. The zero-order valence-electron chi connectivity index (χ0n) is 39.0. The van der Waals surface area contributed by atoms with Gasteiger partial charge >= 0.3 is 12.1 Å². The number of methoxy groups -OCH3 is 1. The number of ether oxygens (including phenoxy) is 4. The summed E-state index contributed by atoms with van der Waals surface area (Å²) >= 11 is 0. The predicted octanol–water partition coefficient (Wildman–Crippen LogP) is 10.2. The summed E-state index contributed by atoms with van der Waals surface area (Å²) in [6.45, 7) is 20.8. The lowest BCUT2D eigenvalue weighted by Crippen LogP contribution is -2.56. The highest BCUT2D eigenvalue weighted by Crippen LogP contribution is 2.45. The summed E-state index contributed by atoms with van der Waals surface area (Å²) in [6.07, 6.45) is 3.84. The van der Waals surface area contributed by atoms with Gasteiger partial charge in [0.05, 0.1) is 16.5 Å². The Labute approximate surface area is 376 Å². The van der Waals surface area contributed by atoms with Gasteiger partial charge in [0.1, 0.15) is 55.0 Å². The molecule has 4 saturated heterocycles. The fraction of sp³-hybridized carbons (Fsp3) is 0.592. The number of benzene rings is 2. The highest BCUT2D eigenvalue weighted by atomic mass is 28.3. The second-order valence-electron chi connectivity index (χ2n) is 20.2. The number of piperazine rings is 1. The minimum absolute atomic E-state index is 0.0270. The molecular formula is C49H63F3N6O5Si. The summed E-state index contributed by atoms with van der Waals surface area (Å²) in [5, 5.41) is 1.37. The number of likely N-dealkylation sites (tertiary alicyclic amines) is 1. The maximum Gasteiger partial charge on any atom is 0.410 e. The van der Waals surface area contributed by atoms with Crippen molar-refractivity contribution in [3.63, 3.8) is 0 Å². The number of hydrogen-bond acceptors (Lipinski definition) is 10. The van der Waals surface area contributed by atoms with Gasteiger partial charge in [0.25, 0.3) is 0 Å². The molecule has 0 saturated carbocycles. The molecule has 6 heterocycles. The summed E-state index contributed by atoms with van der Waals surface area (Å²) in [4.78, 5) is 33.9. The molecule has 2 bridgehead atoms. The second-order valence-corrected chi connectivity index (χ2v) is 25.8. The summed E-state index contributed by atoms with van der Waals surface area (Å²) in [5.74, 6) is 2.89. The van der Waals surface area contributed by atoms with E-state index in [9.17, 15) is 9.18 Å². The van der Waals surface area contributed by atoms with Gasteiger partial charge in [-0.1, -0.05) is 53.5 Å². The minimum atomic E-state index is -2.33. The smallest absolute Gasteiger partial charge is 0.410 e. The van der Waals surface area contributed by atoms with E-state index in [-0.39, 0.29) is 59.9 Å². The average Bonchev–Trinajstić information content (AvgIpc) is 3.84. The molecule has 64 heavy (non-hydrogen) atoms. The molecule has 4 atom stereocenters. The van der Waals surface area contributed by atoms with E-state index in [1.807, 2.05) is 20.8 Å². The van der Waals surface area contributed by atoms with Gasteiger partial charge in [0.2, 0.25) is 0 Å². The van der Waals surface area contributed by atoms with Gasteiger partial charge in [-0.3, -0.25) is 9.88 Å². The maximum atomic E-state index is 17.9. The summed E-state index contributed by atoms with van der Waals surface area (Å²) in [7, 11) is -0.816. The van der Waals surface area contributed by atoms with E-state index in [4.69, 9.17) is 33.9 Å². The number of hydrogen-bond donors (Lipinski definition) is 0. The largest absolute Gasteiger partial charge is 0.468 e. The third-order valence-electron chi connectivity index (χ3n) is 14.2. The highest BCUT2D eigenvalue weighted by molar-refractivity contribution is 6.90. The topological polar surface area (TPSA) is 102 Å². The predicted molar refractivity (Wildman–Crippen MR) is 246 cm³/mol. The Morgan fingerprint density at radius 3 is 2.34 bits per heavy atom. The Morgan fingerprint density at radius 2 is 1.69 bits per heavy atom. The number of carbonyl (C=O) groups excluding carboxylic acids is 1. The van der Waals surface area contributed by atoms with Gasteiger partial charge in [0, 0.05) is 62.4 Å². The van der Waals surface area contributed by atoms with Gasteiger partial charge in [-0.2, -0.15) is 9.97 Å². The van der Waals surface area contributed by atoms with Gasteiger partial charge in [-0.15, -0.1) is 5.54 Å². The van der Waals surface area contributed by atoms with E-state index in [0.717, 1.165) is 32.2 Å². The van der Waals surface area contributed by atoms with Crippen molar-refractivity contribution in [2.75, 3.05) is 51.6 Å². The molecule has 8 rings (SSSR count). The van der Waals surface area contributed by atoms with Crippen molar-refractivity contribution in [1.82, 2.24) is 24.8 Å². The zero-order valence-corrected chi connectivity index (χ0v) is 40.0. The lowest BCUT2D eigenvalue weighted by atomic mass is 9.95. The average molecular weight is 901 g/mol. The maximum absolute atomic E-state index is 17.9. The number of amides is 1. The van der Waals surface area contributed by atoms with E-state index >= 15 is 8.78 Å². The fourth-order valence-corrected chi connectivity index (χ4v) is 16.6. The molecule has 11 nitrogen and oxygen atoms in total. The van der Waals surface area contributed by atoms with Crippen LogP contribution in [0.15, 0.2) is 30.5 Å². The van der Waals surface area contributed by atoms with Crippen molar-refractivity contribution in [1.29, 1.82) is 0 Å². The van der Waals surface area contributed by atoms with Crippen LogP contribution in [0.4, 0.5) is 23.8 Å². The van der Waals surface area contributed by atoms with E-state index in [0.29, 0.717) is 70.4 Å². The van der Waals surface area contributed by atoms with Crippen LogP contribution < -0.4 is 14.4 Å². The van der Waals surface area contributed by atoms with Crippen LogP contribution in [0.5, 0.6) is 11.8 Å². The van der Waals surface area contributed by atoms with E-state index < -0.39 is 37.0 Å². The first-order chi connectivity index (χ1) is 30.4. The Bertz CT molecular complexity index is 2450. The lowest BCUT2D eigenvalue weighted by molar-refractivity contribution is 0.0209. The first kappa shape index (κ1) is 45.9. The number of carbonyl (C=O) groups is 1. The fourth-order valence-electron chi connectivity index (χ4n) is 11.4. The number of alkyl halides is 1. The lowest BCUT2D eigenvalue weighted by Gasteiger charge is -2.42. The Balaban J connectivity index is 1.30. The van der Waals surface area contributed by atoms with Crippen molar-refractivity contribution in [3.05, 3.63) is 47.7 Å². The second kappa shape index (κ2) is 17.6. The third kappa shape index (κ3) is 8.39. The monoisotopic (exact) mass is 900 g/mol. The molecule has 344 valence electrons. The number of aromatic nitrogens is 3. The van der Waals surface area contributed by atoms with Crippen LogP contribution in [-0.4, -0.2) is 115 Å². The van der Waals surface area contributed by atoms with Crippen LogP contribution in [0.3, 0.4) is 0 Å². The Morgan fingerprint density at radius 1 is 0.984 bits per heavy atom. The van der Waals surface area contributed by atoms with Crippen molar-refractivity contribution >= 4 is 41.7 Å². The molecule has 4 fully saturated rings. The molecule has 4 aliphatic rings. The molecule has 4 aromatic rings. The number of nitrogens with zero attached hydrogens (tertiary/aromatic N) is 6. The molecule has 0 spiro atoms. The number of anilines is 1. The van der Waals surface area contributed by atoms with E-state index in [1.54, 1.807) is 29.3 Å². The highest BCUT2D eigenvalue weighted by Gasteiger charge is 2.50. The van der Waals surface area contributed by atoms with Gasteiger partial charge in [-0.25, -0.2) is 18.0 Å².